The maximum atomic E-state index is 11.9. The summed E-state index contributed by atoms with van der Waals surface area (Å²) in [5, 5.41) is 16.4. The summed E-state index contributed by atoms with van der Waals surface area (Å²) < 4.78 is 0. The second-order valence-corrected chi connectivity index (χ2v) is 6.69. The van der Waals surface area contributed by atoms with Crippen LogP contribution in [0.3, 0.4) is 0 Å². The van der Waals surface area contributed by atoms with Gasteiger partial charge in [-0.05, 0) is 18.1 Å². The number of hydrogen-bond donors (Lipinski definition) is 6. The molecule has 0 fully saturated rings. The van der Waals surface area contributed by atoms with Crippen molar-refractivity contribution in [2.75, 3.05) is 6.54 Å². The molecule has 0 radical (unpaired) electrons. The van der Waals surface area contributed by atoms with E-state index >= 15 is 0 Å². The molecule has 2 amide bonds. The molecule has 3 atom stereocenters. The Kier molecular flexibility index (Phi) is 5.43. The van der Waals surface area contributed by atoms with Crippen molar-refractivity contribution >= 4 is 28.7 Å². The number of carboxylic acid groups (broad SMARTS) is 1. The van der Waals surface area contributed by atoms with E-state index < -0.39 is 30.0 Å². The molecule has 0 bridgehead atoms. The molecule has 1 unspecified atom stereocenters. The third-order valence-corrected chi connectivity index (χ3v) is 4.88. The number of aromatic nitrogens is 1. The third kappa shape index (κ3) is 3.93. The fourth-order valence-electron chi connectivity index (χ4n) is 3.63. The number of rotatable bonds is 7. The van der Waals surface area contributed by atoms with E-state index in [2.05, 4.69) is 15.6 Å². The summed E-state index contributed by atoms with van der Waals surface area (Å²) in [5.74, 6) is -1.86. The summed E-state index contributed by atoms with van der Waals surface area (Å²) in [6.07, 6.45) is 0.638. The smallest absolute Gasteiger partial charge is 0.321 e. The van der Waals surface area contributed by atoms with Crippen molar-refractivity contribution in [1.82, 2.24) is 15.6 Å². The summed E-state index contributed by atoms with van der Waals surface area (Å²) >= 11 is 0. The molecule has 9 nitrogen and oxygen atoms in total. The first kappa shape index (κ1) is 18.9. The standard InChI is InChI=1S/C18H23N5O4/c19-8-15(25)21-12(5-6-14(20)24)17-16-10(7-13(23-17)18(26)27)9-3-1-2-4-11(9)22-16/h1-4,12-13,17,22-23H,5-8,19H2,(H2,20,24)(H,21,25)(H,26,27)/t12-,13-,17?/m0/s1. The molecule has 0 saturated carbocycles. The van der Waals surface area contributed by atoms with E-state index in [1.807, 2.05) is 24.3 Å². The number of amides is 2. The van der Waals surface area contributed by atoms with Crippen molar-refractivity contribution in [3.8, 4) is 0 Å². The van der Waals surface area contributed by atoms with Crippen LogP contribution in [-0.2, 0) is 20.8 Å². The predicted octanol–water partition coefficient (Wildman–Crippen LogP) is -0.483. The van der Waals surface area contributed by atoms with Crippen LogP contribution in [0.25, 0.3) is 10.9 Å². The van der Waals surface area contributed by atoms with Gasteiger partial charge in [0.25, 0.3) is 0 Å². The van der Waals surface area contributed by atoms with Crippen LogP contribution in [0.4, 0.5) is 0 Å². The van der Waals surface area contributed by atoms with Gasteiger partial charge in [0.05, 0.1) is 18.6 Å². The van der Waals surface area contributed by atoms with Gasteiger partial charge in [0, 0.05) is 29.4 Å². The number of nitrogens with one attached hydrogen (secondary N) is 3. The Hall–Kier alpha value is -2.91. The quantitative estimate of drug-likeness (QED) is 0.384. The van der Waals surface area contributed by atoms with E-state index in [9.17, 15) is 19.5 Å². The number of carbonyl (C=O) groups excluding carboxylic acids is 2. The van der Waals surface area contributed by atoms with Gasteiger partial charge in [0.1, 0.15) is 6.04 Å². The molecule has 3 rings (SSSR count). The molecule has 2 aromatic rings. The van der Waals surface area contributed by atoms with Gasteiger partial charge in [0.15, 0.2) is 0 Å². The van der Waals surface area contributed by atoms with E-state index in [-0.39, 0.29) is 25.3 Å². The highest BCUT2D eigenvalue weighted by Gasteiger charge is 2.37. The number of nitrogens with two attached hydrogens (primary N) is 2. The van der Waals surface area contributed by atoms with Crippen LogP contribution in [0, 0.1) is 0 Å². The second kappa shape index (κ2) is 7.77. The number of aliphatic carboxylic acids is 1. The first-order valence-electron chi connectivity index (χ1n) is 8.76. The molecular formula is C18H23N5O4. The first-order chi connectivity index (χ1) is 12.9. The van der Waals surface area contributed by atoms with Crippen LogP contribution in [0.1, 0.15) is 30.1 Å². The van der Waals surface area contributed by atoms with Crippen molar-refractivity contribution in [1.29, 1.82) is 0 Å². The van der Waals surface area contributed by atoms with Crippen LogP contribution in [0.2, 0.25) is 0 Å². The SMILES string of the molecule is NCC(=O)N[C@@H](CCC(N)=O)C1N[C@H](C(=O)O)Cc2c1[nH]c1ccccc21. The summed E-state index contributed by atoms with van der Waals surface area (Å²) in [7, 11) is 0. The van der Waals surface area contributed by atoms with E-state index in [1.165, 1.54) is 0 Å². The Bertz CT molecular complexity index is 878. The summed E-state index contributed by atoms with van der Waals surface area (Å²) in [5.41, 5.74) is 13.3. The minimum Gasteiger partial charge on any atom is -0.480 e. The third-order valence-electron chi connectivity index (χ3n) is 4.88. The molecule has 2 heterocycles. The molecule has 0 spiro atoms. The number of hydrogen-bond acceptors (Lipinski definition) is 5. The lowest BCUT2D eigenvalue weighted by atomic mass is 9.88. The highest BCUT2D eigenvalue weighted by Crippen LogP contribution is 2.34. The van der Waals surface area contributed by atoms with Crippen LogP contribution in [-0.4, -0.2) is 46.5 Å². The van der Waals surface area contributed by atoms with Gasteiger partial charge in [-0.3, -0.25) is 19.7 Å². The minimum atomic E-state index is -0.977. The Morgan fingerprint density at radius 3 is 2.70 bits per heavy atom. The molecule has 1 aliphatic rings. The Balaban J connectivity index is 2.03. The number of aromatic amines is 1. The van der Waals surface area contributed by atoms with Crippen molar-refractivity contribution in [2.24, 2.45) is 11.5 Å². The van der Waals surface area contributed by atoms with Crippen LogP contribution >= 0.6 is 0 Å². The van der Waals surface area contributed by atoms with Gasteiger partial charge >= 0.3 is 5.97 Å². The van der Waals surface area contributed by atoms with Crippen molar-refractivity contribution in [2.45, 2.75) is 37.4 Å². The number of primary amides is 1. The molecule has 0 saturated heterocycles. The molecule has 1 aromatic carbocycles. The largest absolute Gasteiger partial charge is 0.480 e. The average molecular weight is 373 g/mol. The van der Waals surface area contributed by atoms with Crippen molar-refractivity contribution in [3.63, 3.8) is 0 Å². The van der Waals surface area contributed by atoms with Crippen molar-refractivity contribution in [3.05, 3.63) is 35.5 Å². The fraction of sp³-hybridized carbons (Fsp3) is 0.389. The lowest BCUT2D eigenvalue weighted by Gasteiger charge is -2.35. The monoisotopic (exact) mass is 373 g/mol. The second-order valence-electron chi connectivity index (χ2n) is 6.69. The average Bonchev–Trinajstić information content (AvgIpc) is 3.02. The zero-order chi connectivity index (χ0) is 19.6. The Morgan fingerprint density at radius 1 is 1.30 bits per heavy atom. The van der Waals surface area contributed by atoms with Gasteiger partial charge in [-0.2, -0.15) is 0 Å². The van der Waals surface area contributed by atoms with Crippen LogP contribution in [0.5, 0.6) is 0 Å². The highest BCUT2D eigenvalue weighted by molar-refractivity contribution is 5.87. The number of fused-ring (bicyclic) bond motifs is 3. The molecular weight excluding hydrogens is 350 g/mol. The van der Waals surface area contributed by atoms with Gasteiger partial charge in [-0.25, -0.2) is 0 Å². The van der Waals surface area contributed by atoms with Crippen molar-refractivity contribution < 1.29 is 19.5 Å². The summed E-state index contributed by atoms with van der Waals surface area (Å²) in [6, 6.07) is 5.76. The first-order valence-corrected chi connectivity index (χ1v) is 8.76. The molecule has 1 aromatic heterocycles. The Labute approximate surface area is 155 Å². The molecule has 27 heavy (non-hydrogen) atoms. The lowest BCUT2D eigenvalue weighted by molar-refractivity contribution is -0.140. The van der Waals surface area contributed by atoms with Crippen LogP contribution < -0.4 is 22.1 Å². The fourth-order valence-corrected chi connectivity index (χ4v) is 3.63. The van der Waals surface area contributed by atoms with Gasteiger partial charge < -0.3 is 26.9 Å². The number of carbonyl (C=O) groups is 3. The van der Waals surface area contributed by atoms with E-state index in [0.29, 0.717) is 6.42 Å². The van der Waals surface area contributed by atoms with Gasteiger partial charge in [0.2, 0.25) is 11.8 Å². The number of carboxylic acids is 1. The zero-order valence-corrected chi connectivity index (χ0v) is 14.7. The number of benzene rings is 1. The Morgan fingerprint density at radius 2 is 2.04 bits per heavy atom. The molecule has 8 N–H and O–H groups in total. The van der Waals surface area contributed by atoms with Crippen LogP contribution in [0.15, 0.2) is 24.3 Å². The minimum absolute atomic E-state index is 0.0565. The number of para-hydroxylation sites is 1. The normalized spacial score (nSPS) is 20.0. The van der Waals surface area contributed by atoms with E-state index in [4.69, 9.17) is 11.5 Å². The van der Waals surface area contributed by atoms with E-state index in [0.717, 1.165) is 22.2 Å². The molecule has 0 aliphatic carbocycles. The maximum Gasteiger partial charge on any atom is 0.321 e. The number of H-pyrrole nitrogens is 1. The molecule has 1 aliphatic heterocycles. The van der Waals surface area contributed by atoms with Gasteiger partial charge in [-0.1, -0.05) is 18.2 Å². The summed E-state index contributed by atoms with van der Waals surface area (Å²) in [6.45, 7) is -0.207. The topological polar surface area (TPSA) is 163 Å². The molecule has 9 heteroatoms. The maximum absolute atomic E-state index is 11.9. The predicted molar refractivity (Wildman–Crippen MR) is 98.7 cm³/mol. The van der Waals surface area contributed by atoms with E-state index in [1.54, 1.807) is 0 Å². The van der Waals surface area contributed by atoms with Gasteiger partial charge in [-0.15, -0.1) is 0 Å². The zero-order valence-electron chi connectivity index (χ0n) is 14.7. The molecule has 144 valence electrons. The lowest BCUT2D eigenvalue weighted by Crippen LogP contribution is -2.53. The highest BCUT2D eigenvalue weighted by atomic mass is 16.4. The summed E-state index contributed by atoms with van der Waals surface area (Å²) in [4.78, 5) is 38.2.